The summed E-state index contributed by atoms with van der Waals surface area (Å²) in [5.74, 6) is 1.91. The molecular weight excluding hydrogens is 160 g/mol. The van der Waals surface area contributed by atoms with Crippen molar-refractivity contribution in [2.24, 2.45) is 11.8 Å². The Morgan fingerprint density at radius 3 is 2.08 bits per heavy atom. The summed E-state index contributed by atoms with van der Waals surface area (Å²) in [4.78, 5) is 0. The van der Waals surface area contributed by atoms with Gasteiger partial charge in [0.05, 0.1) is 0 Å². The summed E-state index contributed by atoms with van der Waals surface area (Å²) in [7, 11) is -0.861. The molecule has 0 heterocycles. The summed E-state index contributed by atoms with van der Waals surface area (Å²) in [5, 5.41) is 0. The average Bonchev–Trinajstić information content (AvgIpc) is 2.05. The highest BCUT2D eigenvalue weighted by Crippen LogP contribution is 2.48. The van der Waals surface area contributed by atoms with E-state index >= 15 is 0 Å². The quantitative estimate of drug-likeness (QED) is 0.426. The van der Waals surface area contributed by atoms with Crippen molar-refractivity contribution in [2.45, 2.75) is 44.4 Å². The van der Waals surface area contributed by atoms with Crippen LogP contribution in [-0.2, 0) is 0 Å². The molecule has 3 aliphatic carbocycles. The lowest BCUT2D eigenvalue weighted by Crippen LogP contribution is -2.38. The molecule has 0 aromatic heterocycles. The normalized spacial score (nSPS) is 40.4. The van der Waals surface area contributed by atoms with Gasteiger partial charge in [0.2, 0.25) is 0 Å². The summed E-state index contributed by atoms with van der Waals surface area (Å²) >= 11 is 0. The van der Waals surface area contributed by atoms with Gasteiger partial charge in [-0.3, -0.25) is 0 Å². The first kappa shape index (κ1) is 8.55. The van der Waals surface area contributed by atoms with Crippen LogP contribution in [0.15, 0.2) is 12.2 Å². The van der Waals surface area contributed by atoms with Gasteiger partial charge in [-0.05, 0) is 36.6 Å². The third-order valence-corrected chi connectivity index (χ3v) is 6.58. The number of hydrogen-bond donors (Lipinski definition) is 0. The van der Waals surface area contributed by atoms with Crippen LogP contribution in [0.2, 0.25) is 25.2 Å². The van der Waals surface area contributed by atoms with Gasteiger partial charge in [0, 0.05) is 8.07 Å². The third-order valence-electron chi connectivity index (χ3n) is 3.69. The number of hydrogen-bond acceptors (Lipinski definition) is 0. The van der Waals surface area contributed by atoms with Gasteiger partial charge in [-0.1, -0.05) is 31.8 Å². The first-order valence-electron chi connectivity index (χ1n) is 5.26. The second-order valence-electron chi connectivity index (χ2n) is 5.59. The number of rotatable bonds is 1. The molecule has 1 fully saturated rings. The molecule has 2 bridgehead atoms. The minimum Gasteiger partial charge on any atom is -0.0851 e. The molecular formula is C11H20Si. The van der Waals surface area contributed by atoms with E-state index in [0.29, 0.717) is 0 Å². The van der Waals surface area contributed by atoms with Crippen molar-refractivity contribution in [3.05, 3.63) is 12.2 Å². The standard InChI is InChI=1S/C11H20Si/c1-12(2,3)11-8-9-4-6-10(11)7-5-9/h4,6,9-11H,5,7-8H2,1-3H3. The molecule has 3 aliphatic rings. The Hall–Kier alpha value is -0.0431. The maximum absolute atomic E-state index is 2.53. The van der Waals surface area contributed by atoms with Crippen molar-refractivity contribution in [1.29, 1.82) is 0 Å². The molecule has 3 rings (SSSR count). The summed E-state index contributed by atoms with van der Waals surface area (Å²) in [5.41, 5.74) is 1.08. The number of fused-ring (bicyclic) bond motifs is 2. The topological polar surface area (TPSA) is 0 Å². The lowest BCUT2D eigenvalue weighted by Gasteiger charge is -2.44. The monoisotopic (exact) mass is 180 g/mol. The molecule has 1 heteroatoms. The summed E-state index contributed by atoms with van der Waals surface area (Å²) in [6, 6.07) is 0. The molecule has 0 radical (unpaired) electrons. The van der Waals surface area contributed by atoms with E-state index in [4.69, 9.17) is 0 Å². The molecule has 68 valence electrons. The van der Waals surface area contributed by atoms with Gasteiger partial charge in [0.15, 0.2) is 0 Å². The fraction of sp³-hybridized carbons (Fsp3) is 0.818. The molecule has 0 aliphatic heterocycles. The van der Waals surface area contributed by atoms with E-state index < -0.39 is 8.07 Å². The van der Waals surface area contributed by atoms with E-state index in [9.17, 15) is 0 Å². The zero-order chi connectivity index (χ0) is 8.77. The fourth-order valence-corrected chi connectivity index (χ4v) is 5.50. The second-order valence-corrected chi connectivity index (χ2v) is 11.1. The van der Waals surface area contributed by atoms with E-state index in [-0.39, 0.29) is 0 Å². The van der Waals surface area contributed by atoms with Crippen molar-refractivity contribution in [2.75, 3.05) is 0 Å². The highest BCUT2D eigenvalue weighted by molar-refractivity contribution is 6.77. The second kappa shape index (κ2) is 2.73. The number of allylic oxidation sites excluding steroid dienone is 2. The molecule has 0 aromatic carbocycles. The summed E-state index contributed by atoms with van der Waals surface area (Å²) in [6.45, 7) is 7.60. The fourth-order valence-electron chi connectivity index (χ4n) is 2.93. The first-order chi connectivity index (χ1) is 5.57. The van der Waals surface area contributed by atoms with Crippen molar-refractivity contribution in [1.82, 2.24) is 0 Å². The summed E-state index contributed by atoms with van der Waals surface area (Å²) < 4.78 is 0. The minimum absolute atomic E-state index is 0.861. The van der Waals surface area contributed by atoms with Crippen LogP contribution >= 0.6 is 0 Å². The van der Waals surface area contributed by atoms with E-state index in [1.54, 1.807) is 0 Å². The zero-order valence-corrected chi connectivity index (χ0v) is 9.51. The molecule has 0 aromatic rings. The van der Waals surface area contributed by atoms with E-state index in [2.05, 4.69) is 31.8 Å². The van der Waals surface area contributed by atoms with Crippen LogP contribution in [0.5, 0.6) is 0 Å². The van der Waals surface area contributed by atoms with Crippen LogP contribution < -0.4 is 0 Å². The Kier molecular flexibility index (Phi) is 1.94. The maximum atomic E-state index is 2.53. The highest BCUT2D eigenvalue weighted by Gasteiger charge is 2.39. The minimum atomic E-state index is -0.861. The molecule has 1 saturated carbocycles. The van der Waals surface area contributed by atoms with Crippen LogP contribution in [0.25, 0.3) is 0 Å². The van der Waals surface area contributed by atoms with Crippen LogP contribution in [0.1, 0.15) is 19.3 Å². The molecule has 0 amide bonds. The molecule has 12 heavy (non-hydrogen) atoms. The zero-order valence-electron chi connectivity index (χ0n) is 8.51. The van der Waals surface area contributed by atoms with E-state index in [1.165, 1.54) is 19.3 Å². The van der Waals surface area contributed by atoms with Crippen LogP contribution in [0, 0.1) is 11.8 Å². The Morgan fingerprint density at radius 2 is 1.83 bits per heavy atom. The van der Waals surface area contributed by atoms with Crippen molar-refractivity contribution in [3.8, 4) is 0 Å². The average molecular weight is 180 g/mol. The predicted octanol–water partition coefficient (Wildman–Crippen LogP) is 3.68. The molecule has 3 unspecified atom stereocenters. The van der Waals surface area contributed by atoms with Crippen LogP contribution in [0.3, 0.4) is 0 Å². The Balaban J connectivity index is 2.16. The van der Waals surface area contributed by atoms with Gasteiger partial charge in [-0.15, -0.1) is 0 Å². The first-order valence-corrected chi connectivity index (χ1v) is 8.83. The van der Waals surface area contributed by atoms with Crippen LogP contribution in [0.4, 0.5) is 0 Å². The summed E-state index contributed by atoms with van der Waals surface area (Å²) in [6.07, 6.45) is 9.46. The van der Waals surface area contributed by atoms with Gasteiger partial charge in [-0.25, -0.2) is 0 Å². The lowest BCUT2D eigenvalue weighted by molar-refractivity contribution is 0.322. The highest BCUT2D eigenvalue weighted by atomic mass is 28.3. The molecule has 0 N–H and O–H groups in total. The Morgan fingerprint density at radius 1 is 1.08 bits per heavy atom. The smallest absolute Gasteiger partial charge is 0.0479 e. The van der Waals surface area contributed by atoms with Crippen molar-refractivity contribution < 1.29 is 0 Å². The Labute approximate surface area is 77.1 Å². The lowest BCUT2D eigenvalue weighted by atomic mass is 9.76. The molecule has 0 saturated heterocycles. The van der Waals surface area contributed by atoms with E-state index in [1.807, 2.05) is 0 Å². The third kappa shape index (κ3) is 1.39. The molecule has 3 atom stereocenters. The van der Waals surface area contributed by atoms with E-state index in [0.717, 1.165) is 17.4 Å². The van der Waals surface area contributed by atoms with Gasteiger partial charge in [0.25, 0.3) is 0 Å². The molecule has 0 nitrogen and oxygen atoms in total. The SMILES string of the molecule is C[Si](C)(C)C1CC2C=CC1CC2. The van der Waals surface area contributed by atoms with Crippen LogP contribution in [-0.4, -0.2) is 8.07 Å². The van der Waals surface area contributed by atoms with Gasteiger partial charge >= 0.3 is 0 Å². The predicted molar refractivity (Wildman–Crippen MR) is 57.1 cm³/mol. The van der Waals surface area contributed by atoms with Crippen molar-refractivity contribution >= 4 is 8.07 Å². The largest absolute Gasteiger partial charge is 0.0851 e. The maximum Gasteiger partial charge on any atom is 0.0479 e. The molecule has 0 spiro atoms. The van der Waals surface area contributed by atoms with Crippen molar-refractivity contribution in [3.63, 3.8) is 0 Å². The Bertz CT molecular complexity index is 200. The van der Waals surface area contributed by atoms with Gasteiger partial charge < -0.3 is 0 Å². The van der Waals surface area contributed by atoms with Gasteiger partial charge in [-0.2, -0.15) is 0 Å². The van der Waals surface area contributed by atoms with Gasteiger partial charge in [0.1, 0.15) is 0 Å².